The van der Waals surface area contributed by atoms with Gasteiger partial charge >= 0.3 is 0 Å². The second-order valence-corrected chi connectivity index (χ2v) is 5.87. The minimum absolute atomic E-state index is 0.597. The number of rotatable bonds is 3. The lowest BCUT2D eigenvalue weighted by Gasteiger charge is -2.36. The fraction of sp³-hybridized carbons (Fsp3) is 0.625. The molecule has 1 N–H and O–H groups in total. The summed E-state index contributed by atoms with van der Waals surface area (Å²) in [5.41, 5.74) is 5.57. The van der Waals surface area contributed by atoms with E-state index in [1.807, 2.05) is 0 Å². The molecule has 2 rings (SSSR count). The van der Waals surface area contributed by atoms with Gasteiger partial charge in [0.2, 0.25) is 0 Å². The smallest absolute Gasteiger partial charge is 0.0396 e. The zero-order valence-electron chi connectivity index (χ0n) is 13.0. The largest absolute Gasteiger partial charge is 0.373 e. The number of benzene rings is 1. The van der Waals surface area contributed by atoms with Crippen molar-refractivity contribution in [2.24, 2.45) is 0 Å². The van der Waals surface area contributed by atoms with Crippen LogP contribution >= 0.6 is 0 Å². The summed E-state index contributed by atoms with van der Waals surface area (Å²) in [5, 5.41) is 3.49. The van der Waals surface area contributed by atoms with Crippen molar-refractivity contribution in [1.82, 2.24) is 10.2 Å². The van der Waals surface area contributed by atoms with Crippen molar-refractivity contribution >= 4 is 5.69 Å². The predicted octanol–water partition coefficient (Wildman–Crippen LogP) is 1.95. The maximum Gasteiger partial charge on any atom is 0.0396 e. The highest BCUT2D eigenvalue weighted by atomic mass is 15.2. The van der Waals surface area contributed by atoms with E-state index in [1.54, 1.807) is 0 Å². The fourth-order valence-electron chi connectivity index (χ4n) is 2.84. The summed E-state index contributed by atoms with van der Waals surface area (Å²) in [6, 6.07) is 5.09. The van der Waals surface area contributed by atoms with Gasteiger partial charge in [-0.25, -0.2) is 0 Å². The van der Waals surface area contributed by atoms with Crippen LogP contribution in [0.4, 0.5) is 5.69 Å². The molecule has 1 unspecified atom stereocenters. The van der Waals surface area contributed by atoms with E-state index >= 15 is 0 Å². The number of piperazine rings is 1. The molecule has 1 aliphatic rings. The van der Waals surface area contributed by atoms with Crippen molar-refractivity contribution in [1.29, 1.82) is 0 Å². The first kappa shape index (κ1) is 14.4. The van der Waals surface area contributed by atoms with Gasteiger partial charge < -0.3 is 10.2 Å². The predicted molar refractivity (Wildman–Crippen MR) is 83.2 cm³/mol. The van der Waals surface area contributed by atoms with Crippen molar-refractivity contribution in [2.45, 2.75) is 26.8 Å². The van der Waals surface area contributed by atoms with Gasteiger partial charge in [-0.05, 0) is 50.6 Å². The van der Waals surface area contributed by atoms with E-state index in [1.165, 1.54) is 22.4 Å². The van der Waals surface area contributed by atoms with Gasteiger partial charge in [-0.3, -0.25) is 4.90 Å². The summed E-state index contributed by atoms with van der Waals surface area (Å²) < 4.78 is 0. The monoisotopic (exact) mass is 261 g/mol. The Labute approximate surface area is 117 Å². The van der Waals surface area contributed by atoms with Crippen LogP contribution in [0, 0.1) is 20.8 Å². The lowest BCUT2D eigenvalue weighted by atomic mass is 10.0. The van der Waals surface area contributed by atoms with E-state index < -0.39 is 0 Å². The highest BCUT2D eigenvalue weighted by Crippen LogP contribution is 2.24. The number of aryl methyl sites for hydroxylation is 1. The summed E-state index contributed by atoms with van der Waals surface area (Å²) in [6.45, 7) is 11.1. The third-order valence-corrected chi connectivity index (χ3v) is 4.57. The Hall–Kier alpha value is -1.06. The van der Waals surface area contributed by atoms with Crippen molar-refractivity contribution in [3.05, 3.63) is 28.8 Å². The first-order chi connectivity index (χ1) is 9.00. The van der Waals surface area contributed by atoms with E-state index in [9.17, 15) is 0 Å². The first-order valence-corrected chi connectivity index (χ1v) is 7.19. The normalized spacial score (nSPS) is 20.6. The van der Waals surface area contributed by atoms with Gasteiger partial charge in [0.1, 0.15) is 0 Å². The quantitative estimate of drug-likeness (QED) is 0.897. The van der Waals surface area contributed by atoms with Crippen molar-refractivity contribution in [3.63, 3.8) is 0 Å². The van der Waals surface area contributed by atoms with Gasteiger partial charge in [-0.2, -0.15) is 0 Å². The van der Waals surface area contributed by atoms with E-state index in [0.29, 0.717) is 6.04 Å². The summed E-state index contributed by atoms with van der Waals surface area (Å²) in [7, 11) is 4.44. The minimum Gasteiger partial charge on any atom is -0.373 e. The Balaban J connectivity index is 2.11. The first-order valence-electron chi connectivity index (χ1n) is 7.19. The molecule has 3 nitrogen and oxygen atoms in total. The average molecular weight is 261 g/mol. The minimum atomic E-state index is 0.597. The molecule has 1 atom stereocenters. The number of hydrogen-bond acceptors (Lipinski definition) is 3. The number of hydrogen-bond donors (Lipinski definition) is 1. The average Bonchev–Trinajstić information content (AvgIpc) is 2.39. The van der Waals surface area contributed by atoms with Crippen LogP contribution in [0.25, 0.3) is 0 Å². The highest BCUT2D eigenvalue weighted by Gasteiger charge is 2.20. The van der Waals surface area contributed by atoms with E-state index in [-0.39, 0.29) is 0 Å². The highest BCUT2D eigenvalue weighted by molar-refractivity contribution is 5.57. The Morgan fingerprint density at radius 2 is 2.00 bits per heavy atom. The molecule has 1 saturated heterocycles. The molecule has 106 valence electrons. The molecule has 0 aliphatic carbocycles. The van der Waals surface area contributed by atoms with Crippen LogP contribution in [-0.2, 0) is 0 Å². The van der Waals surface area contributed by atoms with E-state index in [0.717, 1.165) is 26.2 Å². The van der Waals surface area contributed by atoms with Gasteiger partial charge in [0, 0.05) is 45.0 Å². The molecule has 0 bridgehead atoms. The molecule has 1 fully saturated rings. The zero-order valence-corrected chi connectivity index (χ0v) is 13.0. The summed E-state index contributed by atoms with van der Waals surface area (Å²) in [5.74, 6) is 0. The van der Waals surface area contributed by atoms with Gasteiger partial charge in [0.05, 0.1) is 0 Å². The fourth-order valence-corrected chi connectivity index (χ4v) is 2.84. The number of nitrogens with zero attached hydrogens (tertiary/aromatic N) is 2. The van der Waals surface area contributed by atoms with E-state index in [2.05, 4.69) is 62.1 Å². The van der Waals surface area contributed by atoms with Crippen molar-refractivity contribution in [3.8, 4) is 0 Å². The second kappa shape index (κ2) is 5.93. The summed E-state index contributed by atoms with van der Waals surface area (Å²) in [4.78, 5) is 4.86. The third-order valence-electron chi connectivity index (χ3n) is 4.57. The number of likely N-dealkylation sites (N-methyl/N-ethyl adjacent to an activating group) is 2. The van der Waals surface area contributed by atoms with Crippen LogP contribution in [0.15, 0.2) is 12.1 Å². The lowest BCUT2D eigenvalue weighted by molar-refractivity contribution is 0.204. The Bertz CT molecular complexity index is 442. The summed E-state index contributed by atoms with van der Waals surface area (Å²) in [6.07, 6.45) is 0. The Kier molecular flexibility index (Phi) is 4.48. The SMILES string of the molecule is Cc1ccc(N(C)CC2CNCCN2C)c(C)c1C. The van der Waals surface area contributed by atoms with Crippen molar-refractivity contribution < 1.29 is 0 Å². The second-order valence-electron chi connectivity index (χ2n) is 5.87. The third kappa shape index (κ3) is 3.10. The van der Waals surface area contributed by atoms with Crippen LogP contribution in [0.5, 0.6) is 0 Å². The molecule has 0 amide bonds. The molecular formula is C16H27N3. The van der Waals surface area contributed by atoms with Gasteiger partial charge in [-0.15, -0.1) is 0 Å². The van der Waals surface area contributed by atoms with E-state index in [4.69, 9.17) is 0 Å². The summed E-state index contributed by atoms with van der Waals surface area (Å²) >= 11 is 0. The maximum atomic E-state index is 3.49. The van der Waals surface area contributed by atoms with Crippen LogP contribution < -0.4 is 10.2 Å². The molecule has 0 spiro atoms. The van der Waals surface area contributed by atoms with Gasteiger partial charge in [0.15, 0.2) is 0 Å². The number of anilines is 1. The van der Waals surface area contributed by atoms with Crippen LogP contribution in [-0.4, -0.2) is 51.2 Å². The van der Waals surface area contributed by atoms with Crippen LogP contribution in [0.1, 0.15) is 16.7 Å². The standard InChI is InChI=1S/C16H27N3/c1-12-6-7-16(14(3)13(12)2)19(5)11-15-10-17-8-9-18(15)4/h6-7,15,17H,8-11H2,1-5H3. The molecule has 0 aromatic heterocycles. The molecular weight excluding hydrogens is 234 g/mol. The maximum absolute atomic E-state index is 3.49. The lowest BCUT2D eigenvalue weighted by Crippen LogP contribution is -2.53. The van der Waals surface area contributed by atoms with Crippen LogP contribution in [0.2, 0.25) is 0 Å². The Morgan fingerprint density at radius 1 is 1.26 bits per heavy atom. The zero-order chi connectivity index (χ0) is 14.0. The molecule has 19 heavy (non-hydrogen) atoms. The molecule has 0 saturated carbocycles. The molecule has 1 heterocycles. The molecule has 1 aromatic rings. The molecule has 1 aliphatic heterocycles. The molecule has 3 heteroatoms. The van der Waals surface area contributed by atoms with Gasteiger partial charge in [0.25, 0.3) is 0 Å². The van der Waals surface area contributed by atoms with Gasteiger partial charge in [-0.1, -0.05) is 6.07 Å². The van der Waals surface area contributed by atoms with Crippen LogP contribution in [0.3, 0.4) is 0 Å². The van der Waals surface area contributed by atoms with Crippen molar-refractivity contribution in [2.75, 3.05) is 45.2 Å². The number of nitrogens with one attached hydrogen (secondary N) is 1. The Morgan fingerprint density at radius 3 is 2.68 bits per heavy atom. The molecule has 0 radical (unpaired) electrons. The molecule has 1 aromatic carbocycles. The topological polar surface area (TPSA) is 18.5 Å².